The van der Waals surface area contributed by atoms with Gasteiger partial charge in [-0.1, -0.05) is 12.8 Å². The topological polar surface area (TPSA) is 66.9 Å². The minimum Gasteiger partial charge on any atom is -0.484 e. The number of ketones is 1. The third-order valence-corrected chi connectivity index (χ3v) is 5.27. The number of ether oxygens (including phenoxy) is 1. The van der Waals surface area contributed by atoms with Crippen LogP contribution in [0.15, 0.2) is 24.3 Å². The van der Waals surface area contributed by atoms with E-state index >= 15 is 0 Å². The van der Waals surface area contributed by atoms with E-state index in [0.717, 1.165) is 25.7 Å². The fraction of sp³-hybridized carbons (Fsp3) is 0.550. The molecular weight excluding hydrogens is 332 g/mol. The van der Waals surface area contributed by atoms with Crippen molar-refractivity contribution >= 4 is 17.6 Å². The second-order valence-electron chi connectivity index (χ2n) is 7.06. The lowest BCUT2D eigenvalue weighted by Crippen LogP contribution is -2.52. The summed E-state index contributed by atoms with van der Waals surface area (Å²) in [5, 5.41) is 0. The molecule has 6 nitrogen and oxygen atoms in total. The molecule has 1 aliphatic carbocycles. The van der Waals surface area contributed by atoms with Gasteiger partial charge in [0.1, 0.15) is 5.75 Å². The molecule has 0 spiro atoms. The van der Waals surface area contributed by atoms with Crippen LogP contribution in [0.3, 0.4) is 0 Å². The summed E-state index contributed by atoms with van der Waals surface area (Å²) < 4.78 is 5.53. The summed E-state index contributed by atoms with van der Waals surface area (Å²) in [6.07, 6.45) is 4.32. The molecule has 2 fully saturated rings. The van der Waals surface area contributed by atoms with Crippen LogP contribution in [-0.2, 0) is 9.59 Å². The van der Waals surface area contributed by atoms with E-state index in [1.807, 2.05) is 4.90 Å². The number of Topliss-reactive ketones (excluding diaryl/α,β-unsaturated/α-hetero) is 1. The summed E-state index contributed by atoms with van der Waals surface area (Å²) >= 11 is 0. The number of carbonyl (C=O) groups is 3. The highest BCUT2D eigenvalue weighted by Crippen LogP contribution is 2.27. The largest absolute Gasteiger partial charge is 0.484 e. The Morgan fingerprint density at radius 2 is 1.54 bits per heavy atom. The lowest BCUT2D eigenvalue weighted by Gasteiger charge is -2.36. The molecule has 1 aromatic carbocycles. The van der Waals surface area contributed by atoms with Gasteiger partial charge < -0.3 is 14.5 Å². The van der Waals surface area contributed by atoms with E-state index in [1.165, 1.54) is 6.92 Å². The Morgan fingerprint density at radius 3 is 2.12 bits per heavy atom. The molecule has 0 aromatic heterocycles. The van der Waals surface area contributed by atoms with E-state index in [2.05, 4.69) is 0 Å². The predicted octanol–water partition coefficient (Wildman–Crippen LogP) is 2.13. The predicted molar refractivity (Wildman–Crippen MR) is 97.1 cm³/mol. The van der Waals surface area contributed by atoms with Crippen molar-refractivity contribution in [2.24, 2.45) is 5.92 Å². The van der Waals surface area contributed by atoms with Gasteiger partial charge in [-0.3, -0.25) is 14.4 Å². The summed E-state index contributed by atoms with van der Waals surface area (Å²) in [4.78, 5) is 39.7. The molecule has 3 rings (SSSR count). The lowest BCUT2D eigenvalue weighted by molar-refractivity contribution is -0.142. The second-order valence-corrected chi connectivity index (χ2v) is 7.06. The molecule has 0 N–H and O–H groups in total. The molecule has 1 saturated heterocycles. The molecular formula is C20H26N2O4. The molecule has 2 aliphatic rings. The average molecular weight is 358 g/mol. The summed E-state index contributed by atoms with van der Waals surface area (Å²) in [6.45, 7) is 3.81. The van der Waals surface area contributed by atoms with Gasteiger partial charge in [-0.25, -0.2) is 0 Å². The third kappa shape index (κ3) is 4.42. The minimum absolute atomic E-state index is 0.00218. The van der Waals surface area contributed by atoms with Crippen molar-refractivity contribution < 1.29 is 19.1 Å². The zero-order chi connectivity index (χ0) is 18.5. The molecule has 6 heteroatoms. The Hall–Kier alpha value is -2.37. The average Bonchev–Trinajstić information content (AvgIpc) is 3.20. The van der Waals surface area contributed by atoms with E-state index in [-0.39, 0.29) is 30.1 Å². The SMILES string of the molecule is CC(=O)c1ccc(OCC(=O)N2CCN(C(=O)C3CCCC3)CC2)cc1. The van der Waals surface area contributed by atoms with Gasteiger partial charge in [-0.05, 0) is 44.0 Å². The molecule has 0 unspecified atom stereocenters. The maximum atomic E-state index is 12.4. The summed E-state index contributed by atoms with van der Waals surface area (Å²) in [5.41, 5.74) is 0.617. The second kappa shape index (κ2) is 8.34. The number of piperazine rings is 1. The maximum Gasteiger partial charge on any atom is 0.260 e. The van der Waals surface area contributed by atoms with E-state index in [4.69, 9.17) is 4.74 Å². The fourth-order valence-electron chi connectivity index (χ4n) is 3.63. The zero-order valence-electron chi connectivity index (χ0n) is 15.3. The molecule has 0 bridgehead atoms. The molecule has 140 valence electrons. The fourth-order valence-corrected chi connectivity index (χ4v) is 3.63. The van der Waals surface area contributed by atoms with Crippen LogP contribution in [0.2, 0.25) is 0 Å². The summed E-state index contributed by atoms with van der Waals surface area (Å²) in [6, 6.07) is 6.77. The van der Waals surface area contributed by atoms with Crippen LogP contribution in [0.4, 0.5) is 0 Å². The maximum absolute atomic E-state index is 12.4. The molecule has 1 heterocycles. The summed E-state index contributed by atoms with van der Waals surface area (Å²) in [5.74, 6) is 0.944. The molecule has 26 heavy (non-hydrogen) atoms. The van der Waals surface area contributed by atoms with Crippen LogP contribution >= 0.6 is 0 Å². The van der Waals surface area contributed by atoms with Crippen molar-refractivity contribution in [2.75, 3.05) is 32.8 Å². The smallest absolute Gasteiger partial charge is 0.260 e. The normalized spacial score (nSPS) is 18.0. The van der Waals surface area contributed by atoms with Gasteiger partial charge in [-0.15, -0.1) is 0 Å². The Labute approximate surface area is 154 Å². The highest BCUT2D eigenvalue weighted by molar-refractivity contribution is 5.94. The van der Waals surface area contributed by atoms with Crippen molar-refractivity contribution in [1.82, 2.24) is 9.80 Å². The molecule has 1 aliphatic heterocycles. The highest BCUT2D eigenvalue weighted by atomic mass is 16.5. The highest BCUT2D eigenvalue weighted by Gasteiger charge is 2.30. The number of hydrogen-bond acceptors (Lipinski definition) is 4. The number of benzene rings is 1. The zero-order valence-corrected chi connectivity index (χ0v) is 15.3. The molecule has 1 saturated carbocycles. The van der Waals surface area contributed by atoms with Gasteiger partial charge in [-0.2, -0.15) is 0 Å². The number of nitrogens with zero attached hydrogens (tertiary/aromatic N) is 2. The van der Waals surface area contributed by atoms with Gasteiger partial charge >= 0.3 is 0 Å². The van der Waals surface area contributed by atoms with Crippen molar-refractivity contribution in [3.63, 3.8) is 0 Å². The Balaban J connectivity index is 1.43. The lowest BCUT2D eigenvalue weighted by atomic mass is 10.1. The standard InChI is InChI=1S/C20H26N2O4/c1-15(23)16-6-8-18(9-7-16)26-14-19(24)21-10-12-22(13-11-21)20(25)17-4-2-3-5-17/h6-9,17H,2-5,10-14H2,1H3. The van der Waals surface area contributed by atoms with E-state index in [1.54, 1.807) is 29.2 Å². The first-order valence-electron chi connectivity index (χ1n) is 9.35. The van der Waals surface area contributed by atoms with Gasteiger partial charge in [0.15, 0.2) is 12.4 Å². The Morgan fingerprint density at radius 1 is 0.962 bits per heavy atom. The van der Waals surface area contributed by atoms with Crippen LogP contribution in [0.25, 0.3) is 0 Å². The quantitative estimate of drug-likeness (QED) is 0.756. The minimum atomic E-state index is -0.0754. The Kier molecular flexibility index (Phi) is 5.91. The first kappa shape index (κ1) is 18.4. The van der Waals surface area contributed by atoms with E-state index < -0.39 is 0 Å². The number of rotatable bonds is 5. The number of amides is 2. The van der Waals surface area contributed by atoms with Gasteiger partial charge in [0.25, 0.3) is 5.91 Å². The number of carbonyl (C=O) groups excluding carboxylic acids is 3. The Bertz CT molecular complexity index is 657. The van der Waals surface area contributed by atoms with E-state index in [9.17, 15) is 14.4 Å². The van der Waals surface area contributed by atoms with Crippen molar-refractivity contribution in [3.05, 3.63) is 29.8 Å². The van der Waals surface area contributed by atoms with Crippen LogP contribution in [0.1, 0.15) is 43.0 Å². The van der Waals surface area contributed by atoms with E-state index in [0.29, 0.717) is 37.5 Å². The van der Waals surface area contributed by atoms with Crippen LogP contribution in [0, 0.1) is 5.92 Å². The van der Waals surface area contributed by atoms with Crippen molar-refractivity contribution in [3.8, 4) is 5.75 Å². The third-order valence-electron chi connectivity index (χ3n) is 5.27. The van der Waals surface area contributed by atoms with Crippen LogP contribution < -0.4 is 4.74 Å². The summed E-state index contributed by atoms with van der Waals surface area (Å²) in [7, 11) is 0. The van der Waals surface area contributed by atoms with Gasteiger partial charge in [0.05, 0.1) is 0 Å². The first-order valence-corrected chi connectivity index (χ1v) is 9.35. The van der Waals surface area contributed by atoms with Crippen molar-refractivity contribution in [2.45, 2.75) is 32.6 Å². The monoisotopic (exact) mass is 358 g/mol. The van der Waals surface area contributed by atoms with Gasteiger partial charge in [0, 0.05) is 37.7 Å². The molecule has 1 aromatic rings. The van der Waals surface area contributed by atoms with Crippen molar-refractivity contribution in [1.29, 1.82) is 0 Å². The molecule has 0 atom stereocenters. The first-order chi connectivity index (χ1) is 12.5. The number of hydrogen-bond donors (Lipinski definition) is 0. The van der Waals surface area contributed by atoms with Gasteiger partial charge in [0.2, 0.25) is 5.91 Å². The molecule has 0 radical (unpaired) electrons. The van der Waals surface area contributed by atoms with Crippen LogP contribution in [0.5, 0.6) is 5.75 Å². The molecule has 2 amide bonds. The van der Waals surface area contributed by atoms with Crippen LogP contribution in [-0.4, -0.2) is 60.2 Å².